The molecule has 0 unspecified atom stereocenters. The summed E-state index contributed by atoms with van der Waals surface area (Å²) in [6, 6.07) is 14.1. The summed E-state index contributed by atoms with van der Waals surface area (Å²) in [7, 11) is -0.975. The van der Waals surface area contributed by atoms with Gasteiger partial charge in [0.2, 0.25) is 0 Å². The van der Waals surface area contributed by atoms with E-state index in [4.69, 9.17) is 0 Å². The van der Waals surface area contributed by atoms with Gasteiger partial charge in [0, 0.05) is 9.64 Å². The van der Waals surface area contributed by atoms with Gasteiger partial charge in [-0.3, -0.25) is 4.21 Å². The van der Waals surface area contributed by atoms with Crippen LogP contribution in [0.3, 0.4) is 0 Å². The predicted octanol–water partition coefficient (Wildman–Crippen LogP) is 3.75. The first-order valence-electron chi connectivity index (χ1n) is 5.40. The summed E-state index contributed by atoms with van der Waals surface area (Å²) in [5, 5.41) is 2.25. The molecule has 2 aromatic carbocycles. The van der Waals surface area contributed by atoms with Crippen molar-refractivity contribution >= 4 is 21.6 Å². The molecule has 0 spiro atoms. The average Bonchev–Trinajstić information content (AvgIpc) is 2.26. The fourth-order valence-corrected chi connectivity index (χ4v) is 2.93. The van der Waals surface area contributed by atoms with Gasteiger partial charge in [-0.15, -0.1) is 0 Å². The summed E-state index contributed by atoms with van der Waals surface area (Å²) in [6.07, 6.45) is 0. The Morgan fingerprint density at radius 2 is 1.56 bits per heavy atom. The van der Waals surface area contributed by atoms with Crippen molar-refractivity contribution in [3.8, 4) is 0 Å². The van der Waals surface area contributed by atoms with E-state index in [1.807, 2.05) is 51.1 Å². The Labute approximate surface area is 98.9 Å². The Kier molecular flexibility index (Phi) is 2.85. The normalized spacial score (nSPS) is 13.9. The highest BCUT2D eigenvalue weighted by Crippen LogP contribution is 2.27. The third kappa shape index (κ3) is 2.03. The third-order valence-electron chi connectivity index (χ3n) is 2.51. The molecule has 0 saturated carbocycles. The molecule has 84 valence electrons. The van der Waals surface area contributed by atoms with Gasteiger partial charge in [0.15, 0.2) is 0 Å². The number of fused-ring (bicyclic) bond motifs is 1. The molecule has 16 heavy (non-hydrogen) atoms. The molecular weight excluding hydrogens is 216 g/mol. The van der Waals surface area contributed by atoms with Crippen molar-refractivity contribution in [2.75, 3.05) is 0 Å². The van der Waals surface area contributed by atoms with Gasteiger partial charge in [-0.25, -0.2) is 0 Å². The summed E-state index contributed by atoms with van der Waals surface area (Å²) < 4.78 is 12.2. The minimum atomic E-state index is -0.975. The Bertz CT molecular complexity index is 532. The molecule has 0 amide bonds. The van der Waals surface area contributed by atoms with E-state index in [1.165, 1.54) is 0 Å². The molecule has 0 bridgehead atoms. The van der Waals surface area contributed by atoms with Crippen LogP contribution in [0.5, 0.6) is 0 Å². The van der Waals surface area contributed by atoms with Gasteiger partial charge < -0.3 is 0 Å². The van der Waals surface area contributed by atoms with Crippen molar-refractivity contribution in [3.05, 3.63) is 42.5 Å². The van der Waals surface area contributed by atoms with E-state index in [9.17, 15) is 4.21 Å². The Morgan fingerprint density at radius 1 is 0.938 bits per heavy atom. The highest BCUT2D eigenvalue weighted by atomic mass is 32.2. The van der Waals surface area contributed by atoms with Crippen LogP contribution in [0.25, 0.3) is 10.8 Å². The number of rotatable bonds is 1. The first-order chi connectivity index (χ1) is 7.50. The maximum Gasteiger partial charge on any atom is 0.0589 e. The molecule has 2 aromatic rings. The number of hydrogen-bond donors (Lipinski definition) is 0. The molecule has 0 N–H and O–H groups in total. The molecule has 0 aliphatic heterocycles. The van der Waals surface area contributed by atoms with Crippen molar-refractivity contribution in [3.63, 3.8) is 0 Å². The lowest BCUT2D eigenvalue weighted by Crippen LogP contribution is -2.21. The van der Waals surface area contributed by atoms with Gasteiger partial charge in [-0.2, -0.15) is 0 Å². The van der Waals surface area contributed by atoms with Gasteiger partial charge in [-0.05, 0) is 37.6 Å². The highest BCUT2D eigenvalue weighted by Gasteiger charge is 2.22. The molecule has 0 saturated heterocycles. The van der Waals surface area contributed by atoms with Crippen molar-refractivity contribution < 1.29 is 4.21 Å². The first kappa shape index (κ1) is 11.3. The monoisotopic (exact) mass is 232 g/mol. The molecule has 1 atom stereocenters. The molecule has 0 heterocycles. The zero-order chi connectivity index (χ0) is 11.8. The van der Waals surface area contributed by atoms with E-state index in [-0.39, 0.29) is 4.75 Å². The fourth-order valence-electron chi connectivity index (χ4n) is 1.69. The van der Waals surface area contributed by atoms with Crippen molar-refractivity contribution in [2.45, 2.75) is 30.4 Å². The average molecular weight is 232 g/mol. The Morgan fingerprint density at radius 3 is 2.25 bits per heavy atom. The third-order valence-corrected chi connectivity index (χ3v) is 4.37. The summed E-state index contributed by atoms with van der Waals surface area (Å²) in [5.41, 5.74) is 0. The SMILES string of the molecule is CC(C)(C)[S@@](=O)c1cccc2ccccc12. The fraction of sp³-hybridized carbons (Fsp3) is 0.286. The minimum absolute atomic E-state index is 0.218. The van der Waals surface area contributed by atoms with Crippen LogP contribution in [0.1, 0.15) is 20.8 Å². The summed E-state index contributed by atoms with van der Waals surface area (Å²) in [4.78, 5) is 0.936. The van der Waals surface area contributed by atoms with Crippen LogP contribution in [0.4, 0.5) is 0 Å². The van der Waals surface area contributed by atoms with Crippen molar-refractivity contribution in [1.82, 2.24) is 0 Å². The van der Waals surface area contributed by atoms with Crippen LogP contribution in [-0.4, -0.2) is 8.96 Å². The van der Waals surface area contributed by atoms with E-state index < -0.39 is 10.8 Å². The Balaban J connectivity index is 2.66. The standard InChI is InChI=1S/C14H16OS/c1-14(2,3)16(15)13-10-6-8-11-7-4-5-9-12(11)13/h4-10H,1-3H3/t16-/m0/s1. The van der Waals surface area contributed by atoms with Gasteiger partial charge in [0.05, 0.1) is 10.8 Å². The zero-order valence-electron chi connectivity index (χ0n) is 9.86. The van der Waals surface area contributed by atoms with Gasteiger partial charge in [-0.1, -0.05) is 36.4 Å². The highest BCUT2D eigenvalue weighted by molar-refractivity contribution is 7.86. The van der Waals surface area contributed by atoms with Crippen LogP contribution >= 0.6 is 0 Å². The van der Waals surface area contributed by atoms with E-state index in [2.05, 4.69) is 12.1 Å². The molecule has 0 fully saturated rings. The number of benzene rings is 2. The summed E-state index contributed by atoms with van der Waals surface area (Å²) >= 11 is 0. The van der Waals surface area contributed by atoms with E-state index in [0.717, 1.165) is 15.7 Å². The van der Waals surface area contributed by atoms with Crippen LogP contribution in [0.2, 0.25) is 0 Å². The second kappa shape index (κ2) is 4.02. The summed E-state index contributed by atoms with van der Waals surface area (Å²) in [6.45, 7) is 6.01. The molecular formula is C14H16OS. The summed E-state index contributed by atoms with van der Waals surface area (Å²) in [5.74, 6) is 0. The molecule has 0 radical (unpaired) electrons. The minimum Gasteiger partial charge on any atom is -0.254 e. The lowest BCUT2D eigenvalue weighted by Gasteiger charge is -2.18. The molecule has 0 aromatic heterocycles. The predicted molar refractivity (Wildman–Crippen MR) is 70.1 cm³/mol. The van der Waals surface area contributed by atoms with E-state index >= 15 is 0 Å². The maximum atomic E-state index is 12.4. The smallest absolute Gasteiger partial charge is 0.0589 e. The van der Waals surface area contributed by atoms with Gasteiger partial charge >= 0.3 is 0 Å². The molecule has 2 rings (SSSR count). The Hall–Kier alpha value is -1.15. The zero-order valence-corrected chi connectivity index (χ0v) is 10.7. The maximum absolute atomic E-state index is 12.4. The van der Waals surface area contributed by atoms with Crippen LogP contribution in [0, 0.1) is 0 Å². The van der Waals surface area contributed by atoms with Gasteiger partial charge in [0.25, 0.3) is 0 Å². The van der Waals surface area contributed by atoms with Crippen LogP contribution in [-0.2, 0) is 10.8 Å². The lowest BCUT2D eigenvalue weighted by atomic mass is 10.1. The second-order valence-electron chi connectivity index (χ2n) is 4.86. The first-order valence-corrected chi connectivity index (χ1v) is 6.55. The molecule has 0 aliphatic rings. The lowest BCUT2D eigenvalue weighted by molar-refractivity contribution is 0.649. The molecule has 1 nitrogen and oxygen atoms in total. The van der Waals surface area contributed by atoms with Crippen molar-refractivity contribution in [2.24, 2.45) is 0 Å². The molecule has 0 aliphatic carbocycles. The van der Waals surface area contributed by atoms with E-state index in [1.54, 1.807) is 0 Å². The van der Waals surface area contributed by atoms with Crippen LogP contribution in [0.15, 0.2) is 47.4 Å². The second-order valence-corrected chi connectivity index (χ2v) is 7.06. The quantitative estimate of drug-likeness (QED) is 0.732. The van der Waals surface area contributed by atoms with E-state index in [0.29, 0.717) is 0 Å². The molecule has 2 heteroatoms. The van der Waals surface area contributed by atoms with Gasteiger partial charge in [0.1, 0.15) is 0 Å². The topological polar surface area (TPSA) is 17.1 Å². The van der Waals surface area contributed by atoms with Crippen LogP contribution < -0.4 is 0 Å². The largest absolute Gasteiger partial charge is 0.254 e. The number of hydrogen-bond acceptors (Lipinski definition) is 1. The van der Waals surface area contributed by atoms with Crippen molar-refractivity contribution in [1.29, 1.82) is 0 Å².